The van der Waals surface area contributed by atoms with E-state index in [-0.39, 0.29) is 12.0 Å². The molecule has 3 heterocycles. The van der Waals surface area contributed by atoms with Gasteiger partial charge in [-0.25, -0.2) is 9.97 Å². The molecule has 1 unspecified atom stereocenters. The number of hydrogen-bond acceptors (Lipinski definition) is 8. The van der Waals surface area contributed by atoms with E-state index in [4.69, 9.17) is 18.6 Å². The highest BCUT2D eigenvalue weighted by atomic mass is 16.5. The van der Waals surface area contributed by atoms with E-state index >= 15 is 0 Å². The van der Waals surface area contributed by atoms with Crippen LogP contribution in [0.15, 0.2) is 72.1 Å². The van der Waals surface area contributed by atoms with Gasteiger partial charge in [0.1, 0.15) is 29.8 Å². The van der Waals surface area contributed by atoms with E-state index in [9.17, 15) is 4.79 Å². The number of methoxy groups -OCH3 is 2. The third-order valence-electron chi connectivity index (χ3n) is 6.34. The summed E-state index contributed by atoms with van der Waals surface area (Å²) in [5, 5.41) is 4.14. The van der Waals surface area contributed by atoms with Gasteiger partial charge in [0.15, 0.2) is 11.5 Å². The fraction of sp³-hybridized carbons (Fsp3) is 0.250. The van der Waals surface area contributed by atoms with E-state index < -0.39 is 0 Å². The molecule has 4 aromatic rings. The van der Waals surface area contributed by atoms with Gasteiger partial charge in [-0.2, -0.15) is 0 Å². The zero-order chi connectivity index (χ0) is 25.8. The topological polar surface area (TPSA) is 99.0 Å². The van der Waals surface area contributed by atoms with Gasteiger partial charge in [0, 0.05) is 23.6 Å². The van der Waals surface area contributed by atoms with Crippen LogP contribution in [-0.2, 0) is 4.79 Å². The summed E-state index contributed by atoms with van der Waals surface area (Å²) in [5.74, 6) is 3.00. The van der Waals surface area contributed by atoms with Crippen molar-refractivity contribution in [2.24, 2.45) is 0 Å². The zero-order valence-electron chi connectivity index (χ0n) is 20.8. The van der Waals surface area contributed by atoms with Crippen molar-refractivity contribution in [3.8, 4) is 28.6 Å². The number of rotatable bonds is 8. The summed E-state index contributed by atoms with van der Waals surface area (Å²) in [6.45, 7) is 4.78. The van der Waals surface area contributed by atoms with Gasteiger partial charge in [0.25, 0.3) is 0 Å². The molecule has 1 aliphatic heterocycles. The second kappa shape index (κ2) is 10.6. The number of ether oxygens (including phenoxy) is 3. The Labute approximate surface area is 214 Å². The summed E-state index contributed by atoms with van der Waals surface area (Å²) in [6, 6.07) is 13.2. The average Bonchev–Trinajstić information content (AvgIpc) is 3.48. The number of anilines is 2. The van der Waals surface area contributed by atoms with Crippen molar-refractivity contribution in [1.82, 2.24) is 14.9 Å². The number of piperidine rings is 1. The third kappa shape index (κ3) is 5.06. The minimum atomic E-state index is -0.171. The first kappa shape index (κ1) is 24.2. The Balaban J connectivity index is 1.49. The lowest BCUT2D eigenvalue weighted by atomic mass is 10.1. The molecule has 9 nitrogen and oxygen atoms in total. The summed E-state index contributed by atoms with van der Waals surface area (Å²) in [7, 11) is 3.21. The second-order valence-corrected chi connectivity index (χ2v) is 8.63. The molecule has 190 valence electrons. The maximum atomic E-state index is 12.1. The first-order chi connectivity index (χ1) is 18.1. The zero-order valence-corrected chi connectivity index (χ0v) is 20.8. The Morgan fingerprint density at radius 3 is 2.76 bits per heavy atom. The highest BCUT2D eigenvalue weighted by Gasteiger charge is 2.25. The van der Waals surface area contributed by atoms with Gasteiger partial charge in [0.2, 0.25) is 5.91 Å². The molecule has 1 fully saturated rings. The van der Waals surface area contributed by atoms with Gasteiger partial charge in [-0.3, -0.25) is 4.79 Å². The SMILES string of the molecule is C=CC(=O)N1CCCC(Oc2cc3c(Nc4cc(-c5ccco5)ccc4OC)ncnc3cc2OC)C1. The first-order valence-electron chi connectivity index (χ1n) is 12.0. The van der Waals surface area contributed by atoms with Crippen molar-refractivity contribution in [2.75, 3.05) is 32.6 Å². The van der Waals surface area contributed by atoms with Crippen molar-refractivity contribution >= 4 is 28.3 Å². The summed E-state index contributed by atoms with van der Waals surface area (Å²) in [4.78, 5) is 22.8. The summed E-state index contributed by atoms with van der Waals surface area (Å²) in [5.41, 5.74) is 2.31. The normalized spacial score (nSPS) is 15.3. The number of nitrogens with one attached hydrogen (secondary N) is 1. The highest BCUT2D eigenvalue weighted by Crippen LogP contribution is 2.38. The molecular weight excluding hydrogens is 472 g/mol. The van der Waals surface area contributed by atoms with E-state index in [0.29, 0.717) is 41.7 Å². The van der Waals surface area contributed by atoms with Gasteiger partial charge in [-0.15, -0.1) is 0 Å². The van der Waals surface area contributed by atoms with E-state index in [0.717, 1.165) is 35.2 Å². The van der Waals surface area contributed by atoms with Crippen LogP contribution in [0.5, 0.6) is 17.2 Å². The highest BCUT2D eigenvalue weighted by molar-refractivity contribution is 5.93. The van der Waals surface area contributed by atoms with Gasteiger partial charge < -0.3 is 28.8 Å². The summed E-state index contributed by atoms with van der Waals surface area (Å²) in [6.07, 6.45) is 5.97. The molecule has 0 saturated carbocycles. The van der Waals surface area contributed by atoms with Gasteiger partial charge >= 0.3 is 0 Å². The number of benzene rings is 2. The number of aromatic nitrogens is 2. The van der Waals surface area contributed by atoms with Crippen molar-refractivity contribution in [3.63, 3.8) is 0 Å². The van der Waals surface area contributed by atoms with Crippen LogP contribution in [-0.4, -0.2) is 54.2 Å². The number of carbonyl (C=O) groups excluding carboxylic acids is 1. The van der Waals surface area contributed by atoms with Crippen molar-refractivity contribution < 1.29 is 23.4 Å². The van der Waals surface area contributed by atoms with Crippen LogP contribution in [0, 0.1) is 0 Å². The fourth-order valence-electron chi connectivity index (χ4n) is 4.49. The molecule has 1 amide bonds. The van der Waals surface area contributed by atoms with Gasteiger partial charge in [-0.05, 0) is 55.3 Å². The lowest BCUT2D eigenvalue weighted by Crippen LogP contribution is -2.43. The summed E-state index contributed by atoms with van der Waals surface area (Å²) < 4.78 is 23.1. The third-order valence-corrected chi connectivity index (χ3v) is 6.34. The Morgan fingerprint density at radius 2 is 2.00 bits per heavy atom. The molecule has 1 aliphatic rings. The van der Waals surface area contributed by atoms with E-state index in [2.05, 4.69) is 21.9 Å². The largest absolute Gasteiger partial charge is 0.495 e. The molecule has 2 aromatic carbocycles. The predicted molar refractivity (Wildman–Crippen MR) is 140 cm³/mol. The quantitative estimate of drug-likeness (QED) is 0.329. The lowest BCUT2D eigenvalue weighted by Gasteiger charge is -2.32. The first-order valence-corrected chi connectivity index (χ1v) is 12.0. The molecule has 0 aliphatic carbocycles. The Bertz CT molecular complexity index is 1420. The van der Waals surface area contributed by atoms with E-state index in [1.165, 1.54) is 12.4 Å². The van der Waals surface area contributed by atoms with Crippen LogP contribution in [0.4, 0.5) is 11.5 Å². The van der Waals surface area contributed by atoms with Crippen LogP contribution in [0.1, 0.15) is 12.8 Å². The Morgan fingerprint density at radius 1 is 1.14 bits per heavy atom. The van der Waals surface area contributed by atoms with Crippen molar-refractivity contribution in [3.05, 3.63) is 67.7 Å². The van der Waals surface area contributed by atoms with E-state index in [1.807, 2.05) is 42.5 Å². The lowest BCUT2D eigenvalue weighted by molar-refractivity contribution is -0.128. The van der Waals surface area contributed by atoms with Crippen molar-refractivity contribution in [2.45, 2.75) is 18.9 Å². The van der Waals surface area contributed by atoms with E-state index in [1.54, 1.807) is 25.4 Å². The molecule has 9 heteroatoms. The monoisotopic (exact) mass is 500 g/mol. The number of nitrogens with zero attached hydrogens (tertiary/aromatic N) is 3. The number of amides is 1. The molecule has 0 bridgehead atoms. The summed E-state index contributed by atoms with van der Waals surface area (Å²) >= 11 is 0. The molecule has 1 N–H and O–H groups in total. The van der Waals surface area contributed by atoms with Crippen LogP contribution < -0.4 is 19.5 Å². The van der Waals surface area contributed by atoms with Gasteiger partial charge in [-0.1, -0.05) is 6.58 Å². The molecule has 1 atom stereocenters. The molecule has 37 heavy (non-hydrogen) atoms. The standard InChI is InChI=1S/C28H28N4O5/c1-4-27(33)32-11-5-7-19(16-32)37-26-14-20-21(15-25(26)35-3)29-17-30-28(20)31-22-13-18(9-10-24(22)34-2)23-8-6-12-36-23/h4,6,8-10,12-15,17,19H,1,5,7,11,16H2,2-3H3,(H,29,30,31). The number of hydrogen-bond donors (Lipinski definition) is 1. The number of furan rings is 1. The fourth-order valence-corrected chi connectivity index (χ4v) is 4.49. The predicted octanol–water partition coefficient (Wildman–Crippen LogP) is 5.21. The molecule has 1 saturated heterocycles. The molecule has 0 spiro atoms. The van der Waals surface area contributed by atoms with Crippen molar-refractivity contribution in [1.29, 1.82) is 0 Å². The number of likely N-dealkylation sites (tertiary alicyclic amines) is 1. The van der Waals surface area contributed by atoms with Gasteiger partial charge in [0.05, 0.1) is 38.2 Å². The maximum absolute atomic E-state index is 12.1. The molecular formula is C28H28N4O5. The molecule has 2 aromatic heterocycles. The molecule has 0 radical (unpaired) electrons. The van der Waals surface area contributed by atoms with Crippen LogP contribution >= 0.6 is 0 Å². The molecule has 5 rings (SSSR count). The minimum absolute atomic E-state index is 0.0932. The minimum Gasteiger partial charge on any atom is -0.495 e. The number of fused-ring (bicyclic) bond motifs is 1. The average molecular weight is 501 g/mol. The Kier molecular flexibility index (Phi) is 6.93. The maximum Gasteiger partial charge on any atom is 0.246 e. The second-order valence-electron chi connectivity index (χ2n) is 8.63. The smallest absolute Gasteiger partial charge is 0.246 e. The Hall–Kier alpha value is -4.53. The van der Waals surface area contributed by atoms with Crippen LogP contribution in [0.2, 0.25) is 0 Å². The van der Waals surface area contributed by atoms with Crippen LogP contribution in [0.3, 0.4) is 0 Å². The number of carbonyl (C=O) groups is 1. The van der Waals surface area contributed by atoms with Crippen LogP contribution in [0.25, 0.3) is 22.2 Å².